The highest BCUT2D eigenvalue weighted by molar-refractivity contribution is 8.18. The normalized spacial score (nSPS) is 15.3. The van der Waals surface area contributed by atoms with E-state index in [4.69, 9.17) is 20.8 Å². The molecule has 1 saturated heterocycles. The van der Waals surface area contributed by atoms with E-state index in [1.807, 2.05) is 0 Å². The fourth-order valence-electron chi connectivity index (χ4n) is 2.63. The van der Waals surface area contributed by atoms with Crippen LogP contribution in [0.1, 0.15) is 19.6 Å². The molecule has 0 saturated carbocycles. The van der Waals surface area contributed by atoms with Crippen LogP contribution in [-0.2, 0) is 14.3 Å². The van der Waals surface area contributed by atoms with E-state index in [2.05, 4.69) is 0 Å². The van der Waals surface area contributed by atoms with Gasteiger partial charge in [0.2, 0.25) is 0 Å². The van der Waals surface area contributed by atoms with Gasteiger partial charge >= 0.3 is 5.97 Å². The summed E-state index contributed by atoms with van der Waals surface area (Å²) in [5.41, 5.74) is -0.0130. The van der Waals surface area contributed by atoms with Crippen LogP contribution in [0, 0.1) is 10.1 Å². The fraction of sp³-hybridized carbons (Fsp3) is 0.211. The summed E-state index contributed by atoms with van der Waals surface area (Å²) in [7, 11) is 0. The van der Waals surface area contributed by atoms with Crippen molar-refractivity contribution in [2.45, 2.75) is 20.0 Å². The molecule has 2 heterocycles. The Balaban J connectivity index is 1.82. The van der Waals surface area contributed by atoms with Crippen molar-refractivity contribution in [3.8, 4) is 11.3 Å². The lowest BCUT2D eigenvalue weighted by Gasteiger charge is -2.13. The molecule has 9 nitrogen and oxygen atoms in total. The topological polar surface area (TPSA) is 120 Å². The average Bonchev–Trinajstić information content (AvgIpc) is 3.21. The van der Waals surface area contributed by atoms with Gasteiger partial charge in [-0.1, -0.05) is 11.6 Å². The van der Waals surface area contributed by atoms with Crippen molar-refractivity contribution in [2.75, 3.05) is 6.54 Å². The van der Waals surface area contributed by atoms with Crippen LogP contribution in [-0.4, -0.2) is 39.6 Å². The van der Waals surface area contributed by atoms with Gasteiger partial charge in [0.15, 0.2) is 0 Å². The minimum absolute atomic E-state index is 0.0591. The number of benzene rings is 1. The van der Waals surface area contributed by atoms with E-state index in [9.17, 15) is 24.5 Å². The van der Waals surface area contributed by atoms with E-state index in [-0.39, 0.29) is 38.8 Å². The van der Waals surface area contributed by atoms with Crippen molar-refractivity contribution >= 4 is 52.2 Å². The first-order valence-electron chi connectivity index (χ1n) is 8.64. The first-order valence-corrected chi connectivity index (χ1v) is 9.84. The first-order chi connectivity index (χ1) is 14.2. The van der Waals surface area contributed by atoms with Crippen LogP contribution in [0.15, 0.2) is 39.7 Å². The van der Waals surface area contributed by atoms with Crippen molar-refractivity contribution in [2.24, 2.45) is 0 Å². The lowest BCUT2D eigenvalue weighted by Crippen LogP contribution is -2.35. The van der Waals surface area contributed by atoms with Gasteiger partial charge in [-0.05, 0) is 49.9 Å². The lowest BCUT2D eigenvalue weighted by atomic mass is 10.1. The number of thioether (sulfide) groups is 1. The van der Waals surface area contributed by atoms with E-state index in [0.29, 0.717) is 11.8 Å². The molecule has 2 aromatic rings. The van der Waals surface area contributed by atoms with Gasteiger partial charge in [-0.15, -0.1) is 0 Å². The minimum Gasteiger partial charge on any atom is -0.462 e. The van der Waals surface area contributed by atoms with Crippen molar-refractivity contribution in [3.05, 3.63) is 56.1 Å². The monoisotopic (exact) mass is 450 g/mol. The third-order valence-corrected chi connectivity index (χ3v) is 4.99. The Morgan fingerprint density at radius 3 is 2.73 bits per heavy atom. The number of carbonyl (C=O) groups is 3. The second-order valence-electron chi connectivity index (χ2n) is 6.43. The second-order valence-corrected chi connectivity index (χ2v) is 7.86. The zero-order chi connectivity index (χ0) is 22.0. The summed E-state index contributed by atoms with van der Waals surface area (Å²) < 4.78 is 10.6. The van der Waals surface area contributed by atoms with E-state index < -0.39 is 28.6 Å². The number of esters is 1. The molecule has 0 atom stereocenters. The van der Waals surface area contributed by atoms with Gasteiger partial charge < -0.3 is 9.15 Å². The predicted molar refractivity (Wildman–Crippen MR) is 110 cm³/mol. The highest BCUT2D eigenvalue weighted by atomic mass is 35.5. The fourth-order valence-corrected chi connectivity index (χ4v) is 3.62. The van der Waals surface area contributed by atoms with E-state index in [1.165, 1.54) is 36.4 Å². The molecule has 0 unspecified atom stereocenters. The number of nitro groups is 1. The average molecular weight is 451 g/mol. The summed E-state index contributed by atoms with van der Waals surface area (Å²) in [5.74, 6) is -0.932. The standard InChI is InChI=1S/C19H15ClN2O7S/c1-10(2)28-17(23)9-21-18(24)16(30-19(21)25)8-12-4-6-15(29-12)13-5-3-11(20)7-14(13)22(26)27/h3-8,10H,9H2,1-2H3/b16-8+. The third-order valence-electron chi connectivity index (χ3n) is 3.85. The number of nitrogens with zero attached hydrogens (tertiary/aromatic N) is 2. The molecular formula is C19H15ClN2O7S. The highest BCUT2D eigenvalue weighted by Crippen LogP contribution is 2.36. The smallest absolute Gasteiger partial charge is 0.326 e. The van der Waals surface area contributed by atoms with Gasteiger partial charge in [0.05, 0.1) is 21.5 Å². The number of amides is 2. The van der Waals surface area contributed by atoms with Crippen molar-refractivity contribution in [3.63, 3.8) is 0 Å². The Morgan fingerprint density at radius 1 is 1.33 bits per heavy atom. The first kappa shape index (κ1) is 21.6. The molecular weight excluding hydrogens is 436 g/mol. The number of ether oxygens (including phenoxy) is 1. The van der Waals surface area contributed by atoms with Crippen LogP contribution >= 0.6 is 23.4 Å². The molecule has 0 spiro atoms. The Kier molecular flexibility index (Phi) is 6.28. The predicted octanol–water partition coefficient (Wildman–Crippen LogP) is 4.50. The molecule has 1 aromatic carbocycles. The van der Waals surface area contributed by atoms with Crippen LogP contribution in [0.25, 0.3) is 17.4 Å². The molecule has 1 aliphatic heterocycles. The zero-order valence-electron chi connectivity index (χ0n) is 15.8. The Bertz CT molecular complexity index is 1080. The summed E-state index contributed by atoms with van der Waals surface area (Å²) in [4.78, 5) is 47.8. The second kappa shape index (κ2) is 8.72. The quantitative estimate of drug-likeness (QED) is 0.273. The molecule has 1 aliphatic rings. The molecule has 0 bridgehead atoms. The SMILES string of the molecule is CC(C)OC(=O)CN1C(=O)S/C(=C/c2ccc(-c3ccc(Cl)cc3[N+](=O)[O-])o2)C1=O. The third kappa shape index (κ3) is 4.71. The Hall–Kier alpha value is -3.11. The number of furan rings is 1. The van der Waals surface area contributed by atoms with Crippen LogP contribution in [0.4, 0.5) is 10.5 Å². The lowest BCUT2D eigenvalue weighted by molar-refractivity contribution is -0.384. The summed E-state index contributed by atoms with van der Waals surface area (Å²) in [5, 5.41) is 10.9. The van der Waals surface area contributed by atoms with Crippen molar-refractivity contribution in [1.29, 1.82) is 0 Å². The maximum atomic E-state index is 12.5. The van der Waals surface area contributed by atoms with Crippen molar-refractivity contribution in [1.82, 2.24) is 4.90 Å². The van der Waals surface area contributed by atoms with Crippen LogP contribution in [0.3, 0.4) is 0 Å². The molecule has 1 aromatic heterocycles. The number of nitro benzene ring substituents is 1. The molecule has 0 radical (unpaired) electrons. The summed E-state index contributed by atoms with van der Waals surface area (Å²) in [6, 6.07) is 7.17. The maximum absolute atomic E-state index is 12.5. The molecule has 2 amide bonds. The Morgan fingerprint density at radius 2 is 2.07 bits per heavy atom. The van der Waals surface area contributed by atoms with Crippen LogP contribution < -0.4 is 0 Å². The summed E-state index contributed by atoms with van der Waals surface area (Å²) in [6.07, 6.45) is 0.968. The summed E-state index contributed by atoms with van der Waals surface area (Å²) >= 11 is 6.48. The van der Waals surface area contributed by atoms with Gasteiger partial charge in [-0.2, -0.15) is 0 Å². The zero-order valence-corrected chi connectivity index (χ0v) is 17.4. The number of hydrogen-bond acceptors (Lipinski definition) is 8. The van der Waals surface area contributed by atoms with Gasteiger partial charge in [-0.25, -0.2) is 0 Å². The summed E-state index contributed by atoms with van der Waals surface area (Å²) in [6.45, 7) is 2.83. The highest BCUT2D eigenvalue weighted by Gasteiger charge is 2.37. The molecule has 11 heteroatoms. The molecule has 0 aliphatic carbocycles. The van der Waals surface area contributed by atoms with E-state index >= 15 is 0 Å². The number of hydrogen-bond donors (Lipinski definition) is 0. The number of imide groups is 1. The van der Waals surface area contributed by atoms with Gasteiger partial charge in [0, 0.05) is 17.2 Å². The number of carbonyl (C=O) groups excluding carboxylic acids is 3. The van der Waals surface area contributed by atoms with Gasteiger partial charge in [-0.3, -0.25) is 29.4 Å². The molecule has 1 fully saturated rings. The molecule has 0 N–H and O–H groups in total. The molecule has 30 heavy (non-hydrogen) atoms. The van der Waals surface area contributed by atoms with Gasteiger partial charge in [0.1, 0.15) is 18.1 Å². The minimum atomic E-state index is -0.691. The van der Waals surface area contributed by atoms with E-state index in [0.717, 1.165) is 4.90 Å². The van der Waals surface area contributed by atoms with Crippen LogP contribution in [0.2, 0.25) is 5.02 Å². The van der Waals surface area contributed by atoms with Crippen molar-refractivity contribution < 1.29 is 28.5 Å². The largest absolute Gasteiger partial charge is 0.462 e. The van der Waals surface area contributed by atoms with Gasteiger partial charge in [0.25, 0.3) is 16.8 Å². The molecule has 156 valence electrons. The van der Waals surface area contributed by atoms with E-state index in [1.54, 1.807) is 13.8 Å². The Labute approximate surface area is 179 Å². The maximum Gasteiger partial charge on any atom is 0.326 e. The molecule has 3 rings (SSSR count). The number of rotatable bonds is 6. The van der Waals surface area contributed by atoms with Crippen LogP contribution in [0.5, 0.6) is 0 Å². The number of halogens is 1.